The summed E-state index contributed by atoms with van der Waals surface area (Å²) in [6, 6.07) is 8.87. The van der Waals surface area contributed by atoms with Gasteiger partial charge in [-0.25, -0.2) is 4.79 Å². The van der Waals surface area contributed by atoms with Crippen molar-refractivity contribution in [1.29, 1.82) is 0 Å². The zero-order chi connectivity index (χ0) is 13.1. The van der Waals surface area contributed by atoms with Crippen molar-refractivity contribution in [3.63, 3.8) is 0 Å². The molecule has 0 radical (unpaired) electrons. The topological polar surface area (TPSA) is 37.3 Å². The van der Waals surface area contributed by atoms with Crippen molar-refractivity contribution in [3.8, 4) is 0 Å². The second-order valence-corrected chi connectivity index (χ2v) is 5.74. The maximum atomic E-state index is 11.3. The maximum absolute atomic E-state index is 11.3. The number of carbonyl (C=O) groups is 1. The van der Waals surface area contributed by atoms with Crippen LogP contribution in [0.5, 0.6) is 0 Å². The van der Waals surface area contributed by atoms with Crippen molar-refractivity contribution < 1.29 is 9.90 Å². The lowest BCUT2D eigenvalue weighted by Crippen LogP contribution is -1.97. The van der Waals surface area contributed by atoms with Crippen molar-refractivity contribution >= 4 is 56.5 Å². The Labute approximate surface area is 122 Å². The fourth-order valence-corrected chi connectivity index (χ4v) is 2.73. The molecular weight excluding hydrogens is 336 g/mol. The summed E-state index contributed by atoms with van der Waals surface area (Å²) in [6.07, 6.45) is 1.62. The number of benzene rings is 1. The van der Waals surface area contributed by atoms with Crippen molar-refractivity contribution in [1.82, 2.24) is 0 Å². The second-order valence-electron chi connectivity index (χ2n) is 3.51. The molecular formula is C13H8BrClO2S. The van der Waals surface area contributed by atoms with Crippen LogP contribution in [0.15, 0.2) is 40.2 Å². The molecule has 18 heavy (non-hydrogen) atoms. The highest BCUT2D eigenvalue weighted by Crippen LogP contribution is 2.28. The van der Waals surface area contributed by atoms with Crippen LogP contribution in [0.4, 0.5) is 0 Å². The van der Waals surface area contributed by atoms with Gasteiger partial charge in [0.1, 0.15) is 0 Å². The van der Waals surface area contributed by atoms with Gasteiger partial charge in [-0.3, -0.25) is 0 Å². The predicted octanol–water partition coefficient (Wildman–Crippen LogP) is 4.79. The average Bonchev–Trinajstić information content (AvgIpc) is 2.83. The van der Waals surface area contributed by atoms with Crippen LogP contribution in [0.2, 0.25) is 5.02 Å². The van der Waals surface area contributed by atoms with Crippen LogP contribution in [-0.4, -0.2) is 11.1 Å². The number of carboxylic acid groups (broad SMARTS) is 1. The molecule has 0 saturated carbocycles. The molecule has 2 aromatic rings. The molecule has 0 aliphatic carbocycles. The van der Waals surface area contributed by atoms with Crippen LogP contribution in [-0.2, 0) is 4.79 Å². The lowest BCUT2D eigenvalue weighted by atomic mass is 10.1. The van der Waals surface area contributed by atoms with Gasteiger partial charge in [-0.2, -0.15) is 0 Å². The van der Waals surface area contributed by atoms with Gasteiger partial charge in [0.2, 0.25) is 0 Å². The van der Waals surface area contributed by atoms with E-state index >= 15 is 0 Å². The summed E-state index contributed by atoms with van der Waals surface area (Å²) in [5, 5.41) is 11.7. The molecule has 1 heterocycles. The molecule has 0 spiro atoms. The molecule has 0 saturated heterocycles. The third kappa shape index (κ3) is 3.02. The van der Waals surface area contributed by atoms with Gasteiger partial charge >= 0.3 is 5.97 Å². The summed E-state index contributed by atoms with van der Waals surface area (Å²) in [7, 11) is 0. The summed E-state index contributed by atoms with van der Waals surface area (Å²) in [5.41, 5.74) is 1.00. The number of hydrogen-bond donors (Lipinski definition) is 1. The van der Waals surface area contributed by atoms with E-state index in [-0.39, 0.29) is 5.57 Å². The van der Waals surface area contributed by atoms with Gasteiger partial charge in [0, 0.05) is 14.4 Å². The molecule has 2 nitrogen and oxygen atoms in total. The smallest absolute Gasteiger partial charge is 0.337 e. The van der Waals surface area contributed by atoms with Gasteiger partial charge in [0.25, 0.3) is 0 Å². The van der Waals surface area contributed by atoms with E-state index in [2.05, 4.69) is 15.9 Å². The fourth-order valence-electron chi connectivity index (χ4n) is 1.45. The van der Waals surface area contributed by atoms with Crippen molar-refractivity contribution in [2.45, 2.75) is 0 Å². The van der Waals surface area contributed by atoms with Crippen LogP contribution in [0.1, 0.15) is 10.4 Å². The minimum Gasteiger partial charge on any atom is -0.478 e. The number of rotatable bonds is 3. The SMILES string of the molecule is O=C(O)C(=Cc1cc(Cl)ccc1Br)c1cccs1. The van der Waals surface area contributed by atoms with Gasteiger partial charge in [-0.1, -0.05) is 33.6 Å². The molecule has 0 aliphatic heterocycles. The minimum absolute atomic E-state index is 0.257. The molecule has 1 aromatic carbocycles. The first-order valence-corrected chi connectivity index (χ1v) is 7.07. The molecule has 1 N–H and O–H groups in total. The zero-order valence-electron chi connectivity index (χ0n) is 9.06. The molecule has 0 bridgehead atoms. The van der Waals surface area contributed by atoms with E-state index in [1.54, 1.807) is 30.3 Å². The van der Waals surface area contributed by atoms with E-state index in [1.807, 2.05) is 11.4 Å². The molecule has 2 rings (SSSR count). The highest BCUT2D eigenvalue weighted by Gasteiger charge is 2.12. The van der Waals surface area contributed by atoms with E-state index in [0.717, 1.165) is 14.9 Å². The lowest BCUT2D eigenvalue weighted by molar-refractivity contribution is -0.130. The van der Waals surface area contributed by atoms with Gasteiger partial charge < -0.3 is 5.11 Å². The second kappa shape index (κ2) is 5.69. The molecule has 5 heteroatoms. The van der Waals surface area contributed by atoms with Crippen LogP contribution in [0, 0.1) is 0 Å². The summed E-state index contributed by atoms with van der Waals surface area (Å²) >= 11 is 10.7. The van der Waals surface area contributed by atoms with Gasteiger partial charge in [0.15, 0.2) is 0 Å². The maximum Gasteiger partial charge on any atom is 0.337 e. The minimum atomic E-state index is -0.954. The Morgan fingerprint density at radius 3 is 2.78 bits per heavy atom. The average molecular weight is 344 g/mol. The Bertz CT molecular complexity index is 605. The molecule has 0 amide bonds. The van der Waals surface area contributed by atoms with Crippen LogP contribution >= 0.6 is 38.9 Å². The van der Waals surface area contributed by atoms with Crippen LogP contribution in [0.25, 0.3) is 11.6 Å². The van der Waals surface area contributed by atoms with Crippen molar-refractivity contribution in [2.24, 2.45) is 0 Å². The molecule has 1 aromatic heterocycles. The third-order valence-corrected chi connectivity index (χ3v) is 4.14. The Morgan fingerprint density at radius 1 is 1.39 bits per heavy atom. The highest BCUT2D eigenvalue weighted by atomic mass is 79.9. The summed E-state index contributed by atoms with van der Waals surface area (Å²) in [5.74, 6) is -0.954. The predicted molar refractivity (Wildman–Crippen MR) is 79.0 cm³/mol. The third-order valence-electron chi connectivity index (χ3n) is 2.27. The van der Waals surface area contributed by atoms with E-state index in [0.29, 0.717) is 5.02 Å². The Morgan fingerprint density at radius 2 is 2.17 bits per heavy atom. The molecule has 0 aliphatic rings. The molecule has 0 fully saturated rings. The Balaban J connectivity index is 2.52. The molecule has 92 valence electrons. The first-order valence-electron chi connectivity index (χ1n) is 5.02. The standard InChI is InChI=1S/C13H8BrClO2S/c14-11-4-3-9(15)6-8(11)7-10(13(16)17)12-2-1-5-18-12/h1-7H,(H,16,17). The first-order chi connectivity index (χ1) is 8.58. The molecule has 0 unspecified atom stereocenters. The van der Waals surface area contributed by atoms with Crippen LogP contribution in [0.3, 0.4) is 0 Å². The van der Waals surface area contributed by atoms with E-state index < -0.39 is 5.97 Å². The van der Waals surface area contributed by atoms with E-state index in [4.69, 9.17) is 11.6 Å². The van der Waals surface area contributed by atoms with Gasteiger partial charge in [0.05, 0.1) is 5.57 Å². The largest absolute Gasteiger partial charge is 0.478 e. The number of thiophene rings is 1. The normalized spacial score (nSPS) is 11.6. The highest BCUT2D eigenvalue weighted by molar-refractivity contribution is 9.10. The van der Waals surface area contributed by atoms with Gasteiger partial charge in [-0.05, 0) is 41.3 Å². The first kappa shape index (κ1) is 13.3. The number of carboxylic acids is 1. The van der Waals surface area contributed by atoms with E-state index in [1.165, 1.54) is 11.3 Å². The number of aliphatic carboxylic acids is 1. The van der Waals surface area contributed by atoms with E-state index in [9.17, 15) is 9.90 Å². The van der Waals surface area contributed by atoms with Crippen LogP contribution < -0.4 is 0 Å². The quantitative estimate of drug-likeness (QED) is 0.814. The van der Waals surface area contributed by atoms with Crippen molar-refractivity contribution in [3.05, 3.63) is 55.6 Å². The summed E-state index contributed by atoms with van der Waals surface area (Å²) in [6.45, 7) is 0. The lowest BCUT2D eigenvalue weighted by Gasteiger charge is -2.03. The summed E-state index contributed by atoms with van der Waals surface area (Å²) < 4.78 is 0.808. The monoisotopic (exact) mass is 342 g/mol. The summed E-state index contributed by atoms with van der Waals surface area (Å²) in [4.78, 5) is 12.0. The zero-order valence-corrected chi connectivity index (χ0v) is 12.2. The van der Waals surface area contributed by atoms with Gasteiger partial charge in [-0.15, -0.1) is 11.3 Å². The Hall–Kier alpha value is -1.10. The van der Waals surface area contributed by atoms with Crippen molar-refractivity contribution in [2.75, 3.05) is 0 Å². The number of halogens is 2. The Kier molecular flexibility index (Phi) is 4.22. The number of hydrogen-bond acceptors (Lipinski definition) is 2. The molecule has 0 atom stereocenters. The fraction of sp³-hybridized carbons (Fsp3) is 0.